The van der Waals surface area contributed by atoms with Crippen molar-refractivity contribution >= 4 is 43.6 Å². The first-order valence-corrected chi connectivity index (χ1v) is 12.7. The van der Waals surface area contributed by atoms with Gasteiger partial charge in [0.15, 0.2) is 15.1 Å². The number of aryl methyl sites for hydroxylation is 1. The van der Waals surface area contributed by atoms with Crippen molar-refractivity contribution in [1.29, 1.82) is 0 Å². The minimum atomic E-state index is -3.85. The number of thiazole rings is 1. The number of likely N-dealkylation sites (N-methyl/N-ethyl adjacent to an activating group) is 1. The van der Waals surface area contributed by atoms with E-state index >= 15 is 0 Å². The lowest BCUT2D eigenvalue weighted by Crippen LogP contribution is -2.45. The molecule has 7 nitrogen and oxygen atoms in total. The van der Waals surface area contributed by atoms with Gasteiger partial charge < -0.3 is 4.90 Å². The zero-order valence-corrected chi connectivity index (χ0v) is 19.3. The fourth-order valence-electron chi connectivity index (χ4n) is 4.51. The summed E-state index contributed by atoms with van der Waals surface area (Å²) < 4.78 is 29.7. The maximum Gasteiger partial charge on any atom is 0.283 e. The van der Waals surface area contributed by atoms with Crippen molar-refractivity contribution in [2.45, 2.75) is 23.9 Å². The van der Waals surface area contributed by atoms with Crippen LogP contribution in [0, 0.1) is 0 Å². The Hall–Kier alpha value is -1.65. The van der Waals surface area contributed by atoms with Crippen molar-refractivity contribution in [3.63, 3.8) is 0 Å². The van der Waals surface area contributed by atoms with E-state index in [1.807, 2.05) is 12.1 Å². The normalized spacial score (nSPS) is 20.7. The molecule has 160 valence electrons. The average Bonchev–Trinajstić information content (AvgIpc) is 3.41. The van der Waals surface area contributed by atoms with Crippen LogP contribution in [0.25, 0.3) is 4.96 Å². The van der Waals surface area contributed by atoms with E-state index in [1.54, 1.807) is 23.0 Å². The Kier molecular flexibility index (Phi) is 5.06. The molecule has 30 heavy (non-hydrogen) atoms. The van der Waals surface area contributed by atoms with Crippen LogP contribution in [0.3, 0.4) is 0 Å². The Labute approximate surface area is 185 Å². The number of aromatic nitrogens is 2. The number of fused-ring (bicyclic) bond motifs is 2. The summed E-state index contributed by atoms with van der Waals surface area (Å²) in [6.07, 6.45) is 3.81. The molecule has 1 unspecified atom stereocenters. The fourth-order valence-corrected chi connectivity index (χ4v) is 7.10. The second-order valence-electron chi connectivity index (χ2n) is 8.01. The number of halogens is 1. The number of sulfonamides is 1. The van der Waals surface area contributed by atoms with Gasteiger partial charge in [-0.15, -0.1) is 11.3 Å². The highest BCUT2D eigenvalue weighted by Crippen LogP contribution is 2.39. The molecule has 2 aromatic heterocycles. The van der Waals surface area contributed by atoms with E-state index in [9.17, 15) is 8.42 Å². The molecule has 0 N–H and O–H groups in total. The van der Waals surface area contributed by atoms with E-state index in [4.69, 9.17) is 11.6 Å². The molecule has 3 aromatic rings. The molecule has 3 heterocycles. The van der Waals surface area contributed by atoms with E-state index in [-0.39, 0.29) is 10.2 Å². The van der Waals surface area contributed by atoms with Gasteiger partial charge >= 0.3 is 0 Å². The summed E-state index contributed by atoms with van der Waals surface area (Å²) in [7, 11) is -0.116. The third-order valence-corrected chi connectivity index (χ3v) is 9.24. The lowest BCUT2D eigenvalue weighted by atomic mass is 10.1. The highest BCUT2D eigenvalue weighted by atomic mass is 35.5. The molecule has 0 bridgehead atoms. The van der Waals surface area contributed by atoms with Crippen LogP contribution < -0.4 is 4.31 Å². The second kappa shape index (κ2) is 7.49. The number of hydrogen-bond acceptors (Lipinski definition) is 6. The molecule has 1 fully saturated rings. The first-order valence-electron chi connectivity index (χ1n) is 10.0. The van der Waals surface area contributed by atoms with E-state index < -0.39 is 10.0 Å². The molecule has 1 saturated heterocycles. The Morgan fingerprint density at radius 1 is 1.23 bits per heavy atom. The van der Waals surface area contributed by atoms with Crippen LogP contribution in [0.1, 0.15) is 23.6 Å². The number of hydrogen-bond donors (Lipinski definition) is 0. The van der Waals surface area contributed by atoms with Crippen LogP contribution in [-0.2, 0) is 16.4 Å². The largest absolute Gasteiger partial charge is 0.304 e. The molecular weight excluding hydrogens is 442 g/mol. The molecule has 0 saturated carbocycles. The molecule has 10 heteroatoms. The minimum absolute atomic E-state index is 0.00479. The van der Waals surface area contributed by atoms with Gasteiger partial charge in [-0.1, -0.05) is 17.7 Å². The van der Waals surface area contributed by atoms with Crippen LogP contribution in [0.4, 0.5) is 5.69 Å². The topological polar surface area (TPSA) is 61.2 Å². The van der Waals surface area contributed by atoms with Crippen LogP contribution in [-0.4, -0.2) is 67.9 Å². The maximum absolute atomic E-state index is 13.4. The summed E-state index contributed by atoms with van der Waals surface area (Å²) in [4.78, 5) is 9.63. The van der Waals surface area contributed by atoms with Crippen molar-refractivity contribution in [2.75, 3.05) is 44.6 Å². The maximum atomic E-state index is 13.4. The van der Waals surface area contributed by atoms with Gasteiger partial charge in [-0.2, -0.15) is 8.42 Å². The molecule has 0 radical (unpaired) electrons. The predicted octanol–water partition coefficient (Wildman–Crippen LogP) is 3.11. The van der Waals surface area contributed by atoms with Crippen LogP contribution >= 0.6 is 22.9 Å². The van der Waals surface area contributed by atoms with Gasteiger partial charge in [0, 0.05) is 50.8 Å². The summed E-state index contributed by atoms with van der Waals surface area (Å²) >= 11 is 7.57. The molecule has 0 spiro atoms. The van der Waals surface area contributed by atoms with Gasteiger partial charge in [-0.3, -0.25) is 13.6 Å². The monoisotopic (exact) mass is 465 g/mol. The van der Waals surface area contributed by atoms with Gasteiger partial charge in [-0.05, 0) is 43.1 Å². The van der Waals surface area contributed by atoms with Gasteiger partial charge in [-0.25, -0.2) is 4.98 Å². The van der Waals surface area contributed by atoms with Crippen molar-refractivity contribution in [1.82, 2.24) is 19.2 Å². The van der Waals surface area contributed by atoms with Crippen LogP contribution in [0.2, 0.25) is 5.15 Å². The molecule has 1 aromatic carbocycles. The van der Waals surface area contributed by atoms with Gasteiger partial charge in [0.2, 0.25) is 0 Å². The summed E-state index contributed by atoms with van der Waals surface area (Å²) in [5.41, 5.74) is 3.21. The molecule has 1 aliphatic carbocycles. The highest BCUT2D eigenvalue weighted by Gasteiger charge is 2.33. The number of rotatable bonds is 4. The lowest BCUT2D eigenvalue weighted by molar-refractivity contribution is 0.111. The Bertz CT molecular complexity index is 1200. The van der Waals surface area contributed by atoms with E-state index in [2.05, 4.69) is 27.9 Å². The molecule has 1 atom stereocenters. The van der Waals surface area contributed by atoms with Gasteiger partial charge in [0.25, 0.3) is 10.0 Å². The zero-order valence-electron chi connectivity index (χ0n) is 17.0. The lowest BCUT2D eigenvalue weighted by Gasteiger charge is -2.37. The molecule has 5 rings (SSSR count). The molecular formula is C20H24ClN5O2S2. The second-order valence-corrected chi connectivity index (χ2v) is 11.1. The van der Waals surface area contributed by atoms with Crippen LogP contribution in [0.15, 0.2) is 34.8 Å². The Morgan fingerprint density at radius 3 is 2.77 bits per heavy atom. The van der Waals surface area contributed by atoms with Crippen molar-refractivity contribution < 1.29 is 8.42 Å². The van der Waals surface area contributed by atoms with Crippen molar-refractivity contribution in [2.24, 2.45) is 0 Å². The predicted molar refractivity (Wildman–Crippen MR) is 120 cm³/mol. The standard InChI is InChI=1S/C20H24ClN5O2S2/c1-23-7-9-25(10-8-23)17-6-4-14-3-5-15(13-16(14)17)24(2)30(27,28)19-18(21)22-20-26(19)11-12-29-20/h3,5,11-13,17H,4,6-10H2,1-2H3. The smallest absolute Gasteiger partial charge is 0.283 e. The van der Waals surface area contributed by atoms with Gasteiger partial charge in [0.1, 0.15) is 0 Å². The first-order chi connectivity index (χ1) is 14.4. The summed E-state index contributed by atoms with van der Waals surface area (Å²) in [5.74, 6) is 0. The van der Waals surface area contributed by atoms with E-state index in [0.717, 1.165) is 39.0 Å². The summed E-state index contributed by atoms with van der Waals surface area (Å²) in [5, 5.41) is 1.82. The highest BCUT2D eigenvalue weighted by molar-refractivity contribution is 7.92. The summed E-state index contributed by atoms with van der Waals surface area (Å²) in [6.45, 7) is 4.22. The van der Waals surface area contributed by atoms with Crippen molar-refractivity contribution in [3.8, 4) is 0 Å². The van der Waals surface area contributed by atoms with E-state index in [1.165, 1.54) is 26.8 Å². The Morgan fingerprint density at radius 2 is 2.00 bits per heavy atom. The molecule has 1 aliphatic heterocycles. The first kappa shape index (κ1) is 20.3. The van der Waals surface area contributed by atoms with Crippen LogP contribution in [0.5, 0.6) is 0 Å². The SMILES string of the molecule is CN1CCN(C2CCc3ccc(N(C)S(=O)(=O)c4c(Cl)nc5sccn45)cc32)CC1. The summed E-state index contributed by atoms with van der Waals surface area (Å²) in [6, 6.07) is 6.36. The number of piperazine rings is 1. The third kappa shape index (κ3) is 3.23. The van der Waals surface area contributed by atoms with Gasteiger partial charge in [0.05, 0.1) is 5.69 Å². The molecule has 2 aliphatic rings. The van der Waals surface area contributed by atoms with Crippen molar-refractivity contribution in [3.05, 3.63) is 46.1 Å². The quantitative estimate of drug-likeness (QED) is 0.592. The number of benzene rings is 1. The number of anilines is 1. The zero-order chi connectivity index (χ0) is 21.0. The Balaban J connectivity index is 1.49. The minimum Gasteiger partial charge on any atom is -0.304 e. The number of imidazole rings is 1. The molecule has 0 amide bonds. The fraction of sp³-hybridized carbons (Fsp3) is 0.450. The van der Waals surface area contributed by atoms with E-state index in [0.29, 0.717) is 16.7 Å². The number of nitrogens with zero attached hydrogens (tertiary/aromatic N) is 5. The average molecular weight is 466 g/mol. The third-order valence-electron chi connectivity index (χ3n) is 6.30.